The van der Waals surface area contributed by atoms with Crippen LogP contribution in [0.2, 0.25) is 0 Å². The zero-order valence-corrected chi connectivity index (χ0v) is 38.0. The van der Waals surface area contributed by atoms with Gasteiger partial charge in [0.1, 0.15) is 0 Å². The van der Waals surface area contributed by atoms with Crippen LogP contribution in [-0.2, 0) is 35.1 Å². The average molecular weight is 833 g/mol. The Balaban J connectivity index is 0.000000150. The fourth-order valence-electron chi connectivity index (χ4n) is 11.9. The largest absolute Gasteiger partial charge is 1.00 e. The molecule has 0 radical (unpaired) electrons. The molecule has 282 valence electrons. The van der Waals surface area contributed by atoms with Crippen molar-refractivity contribution in [1.82, 2.24) is 0 Å². The maximum atomic E-state index is 3.57. The van der Waals surface area contributed by atoms with E-state index in [1.807, 2.05) is 0 Å². The molecule has 4 saturated carbocycles. The van der Waals surface area contributed by atoms with E-state index in [9.17, 15) is 0 Å². The van der Waals surface area contributed by atoms with Crippen LogP contribution in [0.3, 0.4) is 0 Å². The van der Waals surface area contributed by atoms with E-state index in [1.54, 1.807) is 44.1 Å². The van der Waals surface area contributed by atoms with Crippen molar-refractivity contribution in [3.05, 3.63) is 123 Å². The first-order chi connectivity index (χ1) is 24.6. The summed E-state index contributed by atoms with van der Waals surface area (Å²) in [5, 5.41) is 5.57. The maximum absolute atomic E-state index is 3.57. The van der Waals surface area contributed by atoms with E-state index in [4.69, 9.17) is 0 Å². The first kappa shape index (κ1) is 41.5. The molecule has 0 heterocycles. The summed E-state index contributed by atoms with van der Waals surface area (Å²) in [6, 6.07) is 20.7. The Morgan fingerprint density at radius 1 is 0.722 bits per heavy atom. The van der Waals surface area contributed by atoms with Crippen molar-refractivity contribution in [3.8, 4) is 0 Å². The number of hydrogen-bond donors (Lipinski definition) is 0. The Labute approximate surface area is 353 Å². The summed E-state index contributed by atoms with van der Waals surface area (Å²) in [4.78, 5) is 0. The first-order valence-electron chi connectivity index (χ1n) is 20.1. The van der Waals surface area contributed by atoms with Gasteiger partial charge in [0, 0.05) is 10.8 Å². The van der Waals surface area contributed by atoms with Gasteiger partial charge in [-0.1, -0.05) is 89.3 Å². The van der Waals surface area contributed by atoms with Gasteiger partial charge in [0.15, 0.2) is 0 Å². The Hall–Kier alpha value is -2.18. The van der Waals surface area contributed by atoms with Crippen molar-refractivity contribution in [1.29, 1.82) is 0 Å². The molecule has 0 saturated heterocycles. The number of halogens is 2. The normalized spacial score (nSPS) is 27.2. The fourth-order valence-corrected chi connectivity index (χ4v) is 12.4. The Bertz CT molecular complexity index is 2090. The van der Waals surface area contributed by atoms with Crippen LogP contribution < -0.4 is 24.8 Å². The molecule has 0 spiro atoms. The second-order valence-corrected chi connectivity index (χ2v) is 19.8. The van der Waals surface area contributed by atoms with E-state index in [1.165, 1.54) is 102 Å². The molecule has 0 aliphatic heterocycles. The smallest absolute Gasteiger partial charge is 1.00 e. The first-order valence-corrected chi connectivity index (χ1v) is 21.5. The van der Waals surface area contributed by atoms with Crippen molar-refractivity contribution in [2.24, 2.45) is 29.1 Å². The van der Waals surface area contributed by atoms with Gasteiger partial charge in [-0.05, 0) is 97.8 Å². The van der Waals surface area contributed by atoms with Gasteiger partial charge in [0.2, 0.25) is 0 Å². The molecule has 11 rings (SSSR count). The summed E-state index contributed by atoms with van der Waals surface area (Å²) < 4.78 is 2.19. The van der Waals surface area contributed by atoms with E-state index in [-0.39, 0.29) is 35.6 Å². The van der Waals surface area contributed by atoms with Crippen LogP contribution in [0.1, 0.15) is 134 Å². The van der Waals surface area contributed by atoms with Crippen molar-refractivity contribution >= 4 is 36.4 Å². The predicted molar refractivity (Wildman–Crippen MR) is 222 cm³/mol. The summed E-state index contributed by atoms with van der Waals surface area (Å²) in [7, 11) is 0. The topological polar surface area (TPSA) is 0 Å². The van der Waals surface area contributed by atoms with E-state index >= 15 is 0 Å². The van der Waals surface area contributed by atoms with Crippen LogP contribution in [0.5, 0.6) is 0 Å². The van der Waals surface area contributed by atoms with Crippen LogP contribution in [0, 0.1) is 42.1 Å². The number of hydrogen-bond acceptors (Lipinski definition) is 0. The van der Waals surface area contributed by atoms with Gasteiger partial charge in [-0.2, -0.15) is 11.6 Å². The minimum absolute atomic E-state index is 0. The molecule has 4 aromatic carbocycles. The maximum Gasteiger partial charge on any atom is -1.00 e. The van der Waals surface area contributed by atoms with E-state index in [0.717, 1.165) is 17.8 Å². The molecule has 0 nitrogen and oxygen atoms in total. The summed E-state index contributed by atoms with van der Waals surface area (Å²) >= 11 is 1.47. The van der Waals surface area contributed by atoms with Crippen molar-refractivity contribution < 1.29 is 49.0 Å². The van der Waals surface area contributed by atoms with Gasteiger partial charge in [-0.15, -0.1) is 39.7 Å². The van der Waals surface area contributed by atoms with Gasteiger partial charge < -0.3 is 24.8 Å². The minimum Gasteiger partial charge on any atom is -1.00 e. The van der Waals surface area contributed by atoms with Crippen LogP contribution in [0.25, 0.3) is 32.7 Å². The summed E-state index contributed by atoms with van der Waals surface area (Å²) in [6.07, 6.45) is 21.6. The van der Waals surface area contributed by atoms with E-state index in [0.29, 0.717) is 11.3 Å². The third-order valence-corrected chi connectivity index (χ3v) is 14.5. The van der Waals surface area contributed by atoms with Crippen molar-refractivity contribution in [2.75, 3.05) is 0 Å². The molecular weight excluding hydrogens is 775 g/mol. The number of benzene rings is 3. The van der Waals surface area contributed by atoms with Gasteiger partial charge >= 0.3 is 70.3 Å². The molecule has 0 amide bonds. The summed E-state index contributed by atoms with van der Waals surface area (Å²) in [5.41, 5.74) is 15.4. The second kappa shape index (κ2) is 15.3. The predicted octanol–water partition coefficient (Wildman–Crippen LogP) is 7.72. The molecule has 4 bridgehead atoms. The number of rotatable bonds is 3. The zero-order chi connectivity index (χ0) is 36.7. The third kappa shape index (κ3) is 7.75. The molecule has 7 aliphatic rings. The third-order valence-electron chi connectivity index (χ3n) is 13.7. The molecule has 4 aromatic rings. The molecule has 0 aromatic heterocycles. The molecule has 0 N–H and O–H groups in total. The van der Waals surface area contributed by atoms with Crippen LogP contribution in [0.4, 0.5) is 0 Å². The Morgan fingerprint density at radius 2 is 1.19 bits per heavy atom. The standard InChI is InChI=1S/C25H25.C18H25.C8H8.2ClH.Zr/c1-14-12-24(3,4)22-8-16-7-17-9-23-19(15(2)13-25(23,5)6)11-21(17)20(16)10-18(14)22;1-12-3-13(2)17(4-12)11-18-8-14-5-15(9-18)7-16(6-14)10-18;1-7-3-5-8(2)6-4-7;;;/h7-13H,1-6H3;4,12,14-16H,5-11H2,1-2H3;1,3-6H,2H3;2*1H;/q2*-1;;;;+2/p-2. The number of fused-ring (bicyclic) bond motifs is 5. The number of aryl methyl sites for hydroxylation is 1. The van der Waals surface area contributed by atoms with Crippen LogP contribution >= 0.6 is 0 Å². The SMILES string of the molecule is CC1=CC(C)(C)c2cc3[cH-]c4cc5c(cc4c3cc21)C(C)=CC5(C)C.CC1=[C-]C(C)C=C1CC12CC3CC(CC(C3)C1)C2.Cc1ccc([CH]=[Zr+2])cc1.[Cl-].[Cl-]. The van der Waals surface area contributed by atoms with Gasteiger partial charge in [-0.25, -0.2) is 5.57 Å². The molecule has 1 atom stereocenters. The van der Waals surface area contributed by atoms with Crippen molar-refractivity contribution in [2.45, 2.75) is 118 Å². The average Bonchev–Trinajstić information content (AvgIpc) is 3.72. The zero-order valence-electron chi connectivity index (χ0n) is 34.0. The Morgan fingerprint density at radius 3 is 1.59 bits per heavy atom. The van der Waals surface area contributed by atoms with Crippen molar-refractivity contribution in [3.63, 3.8) is 0 Å². The van der Waals surface area contributed by atoms with Crippen LogP contribution in [-0.4, -0.2) is 3.71 Å². The quantitative estimate of drug-likeness (QED) is 0.186. The minimum atomic E-state index is 0. The summed E-state index contributed by atoms with van der Waals surface area (Å²) in [6.45, 7) is 20.4. The summed E-state index contributed by atoms with van der Waals surface area (Å²) in [5.74, 6) is 3.82. The molecule has 4 fully saturated rings. The molecular formula is C51H58Cl2Zr-2. The molecule has 3 heteroatoms. The number of allylic oxidation sites excluding steroid dienone is 8. The van der Waals surface area contributed by atoms with Gasteiger partial charge in [-0.3, -0.25) is 6.08 Å². The molecule has 7 aliphatic carbocycles. The second-order valence-electron chi connectivity index (χ2n) is 19.1. The monoisotopic (exact) mass is 830 g/mol. The van der Waals surface area contributed by atoms with Crippen LogP contribution in [0.15, 0.2) is 84.0 Å². The Kier molecular flexibility index (Phi) is 11.7. The van der Waals surface area contributed by atoms with E-state index < -0.39 is 0 Å². The molecule has 1 unspecified atom stereocenters. The van der Waals surface area contributed by atoms with E-state index in [2.05, 4.69) is 145 Å². The fraction of sp³-hybridized carbons (Fsp3) is 0.451. The van der Waals surface area contributed by atoms with Gasteiger partial charge in [0.25, 0.3) is 0 Å². The molecule has 54 heavy (non-hydrogen) atoms. The van der Waals surface area contributed by atoms with Gasteiger partial charge in [0.05, 0.1) is 0 Å².